The molecular formula is C18H19N5O2. The van der Waals surface area contributed by atoms with Gasteiger partial charge in [0, 0.05) is 19.2 Å². The van der Waals surface area contributed by atoms with Gasteiger partial charge in [0.1, 0.15) is 12.1 Å². The van der Waals surface area contributed by atoms with Gasteiger partial charge in [0.2, 0.25) is 0 Å². The van der Waals surface area contributed by atoms with Crippen molar-refractivity contribution in [3.63, 3.8) is 0 Å². The van der Waals surface area contributed by atoms with Crippen LogP contribution in [-0.2, 0) is 9.47 Å². The molecule has 0 radical (unpaired) electrons. The largest absolute Gasteiger partial charge is 0.382 e. The first kappa shape index (κ1) is 16.9. The highest BCUT2D eigenvalue weighted by molar-refractivity contribution is 5.87. The SMILES string of the molecule is C#Cc1cccc(-n2ncc3c(NCCOCCOC)ncnc32)c1. The molecule has 2 heterocycles. The normalized spacial score (nSPS) is 10.7. The van der Waals surface area contributed by atoms with Crippen molar-refractivity contribution in [1.29, 1.82) is 0 Å². The fourth-order valence-electron chi connectivity index (χ4n) is 2.39. The van der Waals surface area contributed by atoms with E-state index in [-0.39, 0.29) is 0 Å². The lowest BCUT2D eigenvalue weighted by Gasteiger charge is -2.07. The highest BCUT2D eigenvalue weighted by Gasteiger charge is 2.11. The molecule has 128 valence electrons. The van der Waals surface area contributed by atoms with Crippen LogP contribution in [0, 0.1) is 12.3 Å². The van der Waals surface area contributed by atoms with Gasteiger partial charge in [-0.05, 0) is 18.2 Å². The Morgan fingerprint density at radius 1 is 1.24 bits per heavy atom. The summed E-state index contributed by atoms with van der Waals surface area (Å²) in [6, 6.07) is 7.61. The monoisotopic (exact) mass is 337 g/mol. The maximum Gasteiger partial charge on any atom is 0.168 e. The molecule has 7 heteroatoms. The molecule has 0 atom stereocenters. The van der Waals surface area contributed by atoms with Gasteiger partial charge in [-0.1, -0.05) is 12.0 Å². The van der Waals surface area contributed by atoms with E-state index in [0.29, 0.717) is 32.0 Å². The second-order valence-corrected chi connectivity index (χ2v) is 5.24. The molecule has 0 unspecified atom stereocenters. The van der Waals surface area contributed by atoms with Crippen LogP contribution in [0.4, 0.5) is 5.82 Å². The molecule has 3 aromatic rings. The summed E-state index contributed by atoms with van der Waals surface area (Å²) in [5.41, 5.74) is 2.37. The Labute approximate surface area is 146 Å². The predicted octanol–water partition coefficient (Wildman–Crippen LogP) is 1.87. The number of rotatable bonds is 8. The quantitative estimate of drug-likeness (QED) is 0.500. The maximum atomic E-state index is 5.47. The summed E-state index contributed by atoms with van der Waals surface area (Å²) in [5, 5.41) is 8.52. The minimum absolute atomic E-state index is 0.563. The average Bonchev–Trinajstić information content (AvgIpc) is 3.09. The number of anilines is 1. The number of methoxy groups -OCH3 is 1. The number of fused-ring (bicyclic) bond motifs is 1. The van der Waals surface area contributed by atoms with Crippen LogP contribution < -0.4 is 5.32 Å². The van der Waals surface area contributed by atoms with Crippen LogP contribution in [0.1, 0.15) is 5.56 Å². The van der Waals surface area contributed by atoms with E-state index in [9.17, 15) is 0 Å². The van der Waals surface area contributed by atoms with E-state index in [1.54, 1.807) is 18.0 Å². The lowest BCUT2D eigenvalue weighted by atomic mass is 10.2. The standard InChI is InChI=1S/C18H19N5O2/c1-3-14-5-4-6-15(11-14)23-18-16(12-22-23)17(20-13-21-18)19-7-8-25-10-9-24-2/h1,4-6,11-13H,7-10H2,2H3,(H,19,20,21). The number of nitrogens with one attached hydrogen (secondary N) is 1. The molecule has 2 aromatic heterocycles. The lowest BCUT2D eigenvalue weighted by molar-refractivity contribution is 0.0759. The average molecular weight is 337 g/mol. The summed E-state index contributed by atoms with van der Waals surface area (Å²) >= 11 is 0. The van der Waals surface area contributed by atoms with E-state index < -0.39 is 0 Å². The van der Waals surface area contributed by atoms with Gasteiger partial charge in [-0.3, -0.25) is 0 Å². The summed E-state index contributed by atoms with van der Waals surface area (Å²) in [6.45, 7) is 2.35. The highest BCUT2D eigenvalue weighted by atomic mass is 16.5. The second kappa shape index (κ2) is 8.24. The van der Waals surface area contributed by atoms with Crippen LogP contribution in [-0.4, -0.2) is 53.2 Å². The van der Waals surface area contributed by atoms with E-state index in [4.69, 9.17) is 15.9 Å². The van der Waals surface area contributed by atoms with Gasteiger partial charge < -0.3 is 14.8 Å². The van der Waals surface area contributed by atoms with Crippen molar-refractivity contribution >= 4 is 16.9 Å². The molecule has 0 saturated carbocycles. The van der Waals surface area contributed by atoms with Gasteiger partial charge in [0.25, 0.3) is 0 Å². The first-order valence-electron chi connectivity index (χ1n) is 7.90. The van der Waals surface area contributed by atoms with Crippen molar-refractivity contribution in [2.45, 2.75) is 0 Å². The summed E-state index contributed by atoms with van der Waals surface area (Å²) in [4.78, 5) is 8.65. The second-order valence-electron chi connectivity index (χ2n) is 5.24. The van der Waals surface area contributed by atoms with Crippen molar-refractivity contribution in [2.24, 2.45) is 0 Å². The van der Waals surface area contributed by atoms with Crippen molar-refractivity contribution in [1.82, 2.24) is 19.7 Å². The van der Waals surface area contributed by atoms with Crippen molar-refractivity contribution in [3.05, 3.63) is 42.4 Å². The van der Waals surface area contributed by atoms with Crippen molar-refractivity contribution in [3.8, 4) is 18.0 Å². The number of ether oxygens (including phenoxy) is 2. The first-order valence-corrected chi connectivity index (χ1v) is 7.90. The molecule has 0 bridgehead atoms. The van der Waals surface area contributed by atoms with Crippen LogP contribution in [0.25, 0.3) is 16.7 Å². The van der Waals surface area contributed by atoms with E-state index in [2.05, 4.69) is 26.3 Å². The molecule has 25 heavy (non-hydrogen) atoms. The molecule has 0 amide bonds. The number of hydrogen-bond acceptors (Lipinski definition) is 6. The molecule has 1 aromatic carbocycles. The van der Waals surface area contributed by atoms with E-state index in [1.807, 2.05) is 24.3 Å². The minimum Gasteiger partial charge on any atom is -0.382 e. The molecule has 0 spiro atoms. The highest BCUT2D eigenvalue weighted by Crippen LogP contribution is 2.21. The van der Waals surface area contributed by atoms with Crippen molar-refractivity contribution < 1.29 is 9.47 Å². The third-order valence-electron chi connectivity index (χ3n) is 3.59. The number of aromatic nitrogens is 4. The van der Waals surface area contributed by atoms with E-state index in [0.717, 1.165) is 22.5 Å². The van der Waals surface area contributed by atoms with Gasteiger partial charge in [-0.25, -0.2) is 14.6 Å². The van der Waals surface area contributed by atoms with Crippen LogP contribution >= 0.6 is 0 Å². The Bertz CT molecular complexity index is 885. The smallest absolute Gasteiger partial charge is 0.168 e. The summed E-state index contributed by atoms with van der Waals surface area (Å²) < 4.78 is 12.1. The molecule has 7 nitrogen and oxygen atoms in total. The Kier molecular flexibility index (Phi) is 5.57. The topological polar surface area (TPSA) is 74.1 Å². The summed E-state index contributed by atoms with van der Waals surface area (Å²) in [5.74, 6) is 3.35. The zero-order valence-electron chi connectivity index (χ0n) is 14.0. The third-order valence-corrected chi connectivity index (χ3v) is 3.59. The van der Waals surface area contributed by atoms with Crippen LogP contribution in [0.5, 0.6) is 0 Å². The van der Waals surface area contributed by atoms with Crippen LogP contribution in [0.3, 0.4) is 0 Å². The fourth-order valence-corrected chi connectivity index (χ4v) is 2.39. The van der Waals surface area contributed by atoms with Crippen LogP contribution in [0.15, 0.2) is 36.8 Å². The Balaban J connectivity index is 1.77. The third kappa shape index (κ3) is 3.94. The zero-order valence-corrected chi connectivity index (χ0v) is 14.0. The first-order chi connectivity index (χ1) is 12.3. The lowest BCUT2D eigenvalue weighted by Crippen LogP contribution is -2.13. The molecule has 1 N–H and O–H groups in total. The molecular weight excluding hydrogens is 318 g/mol. The molecule has 0 aliphatic rings. The van der Waals surface area contributed by atoms with Crippen molar-refractivity contribution in [2.75, 3.05) is 38.8 Å². The van der Waals surface area contributed by atoms with E-state index >= 15 is 0 Å². The molecule has 0 aliphatic heterocycles. The van der Waals surface area contributed by atoms with Gasteiger partial charge in [-0.2, -0.15) is 5.10 Å². The Morgan fingerprint density at radius 2 is 2.16 bits per heavy atom. The number of benzene rings is 1. The van der Waals surface area contributed by atoms with Gasteiger partial charge in [-0.15, -0.1) is 6.42 Å². The molecule has 0 aliphatic carbocycles. The molecule has 0 fully saturated rings. The Morgan fingerprint density at radius 3 is 3.00 bits per heavy atom. The van der Waals surface area contributed by atoms with Gasteiger partial charge in [0.15, 0.2) is 5.65 Å². The maximum absolute atomic E-state index is 5.47. The Hall–Kier alpha value is -2.95. The van der Waals surface area contributed by atoms with Crippen LogP contribution in [0.2, 0.25) is 0 Å². The van der Waals surface area contributed by atoms with Gasteiger partial charge in [0.05, 0.1) is 37.1 Å². The predicted molar refractivity (Wildman–Crippen MR) is 95.8 cm³/mol. The number of hydrogen-bond donors (Lipinski definition) is 1. The summed E-state index contributed by atoms with van der Waals surface area (Å²) in [7, 11) is 1.65. The van der Waals surface area contributed by atoms with Gasteiger partial charge >= 0.3 is 0 Å². The van der Waals surface area contributed by atoms with E-state index in [1.165, 1.54) is 6.33 Å². The number of nitrogens with zero attached hydrogens (tertiary/aromatic N) is 4. The minimum atomic E-state index is 0.563. The number of terminal acetylenes is 1. The molecule has 3 rings (SSSR count). The molecule has 0 saturated heterocycles. The fraction of sp³-hybridized carbons (Fsp3) is 0.278. The summed E-state index contributed by atoms with van der Waals surface area (Å²) in [6.07, 6.45) is 8.73. The zero-order chi connectivity index (χ0) is 17.5.